The van der Waals surface area contributed by atoms with Crippen molar-refractivity contribution >= 4 is 16.6 Å². The van der Waals surface area contributed by atoms with Gasteiger partial charge in [0.1, 0.15) is 0 Å². The molecule has 1 heterocycles. The summed E-state index contributed by atoms with van der Waals surface area (Å²) in [5.74, 6) is 0. The van der Waals surface area contributed by atoms with E-state index in [0.717, 1.165) is 29.8 Å². The van der Waals surface area contributed by atoms with Gasteiger partial charge in [0, 0.05) is 29.3 Å². The Hall–Kier alpha value is -3.33. The lowest BCUT2D eigenvalue weighted by molar-refractivity contribution is 0.805. The summed E-state index contributed by atoms with van der Waals surface area (Å²) in [6, 6.07) is 16.1. The average molecular weight is 386 g/mol. The molecule has 0 aliphatic rings. The van der Waals surface area contributed by atoms with E-state index in [1.54, 1.807) is 6.08 Å². The molecule has 0 aliphatic heterocycles. The highest BCUT2D eigenvalue weighted by Crippen LogP contribution is 2.20. The van der Waals surface area contributed by atoms with Crippen molar-refractivity contribution in [2.45, 2.75) is 27.2 Å². The number of fused-ring (bicyclic) bond motifs is 1. The van der Waals surface area contributed by atoms with E-state index < -0.39 is 0 Å². The Kier molecular flexibility index (Phi) is 8.23. The Balaban J connectivity index is 0.00000145. The third kappa shape index (κ3) is 6.08. The lowest BCUT2D eigenvalue weighted by Crippen LogP contribution is -2.16. The molecule has 150 valence electrons. The van der Waals surface area contributed by atoms with Crippen LogP contribution in [0.5, 0.6) is 0 Å². The van der Waals surface area contributed by atoms with E-state index in [0.29, 0.717) is 5.71 Å². The van der Waals surface area contributed by atoms with Crippen molar-refractivity contribution in [1.82, 2.24) is 10.3 Å². The van der Waals surface area contributed by atoms with Gasteiger partial charge in [-0.2, -0.15) is 0 Å². The summed E-state index contributed by atoms with van der Waals surface area (Å²) in [5.41, 5.74) is 6.63. The standard InChI is InChI=1S/C24H25N3.C2H6/c1-17-9-12-24-22(15-17)21(16-27-24)13-14-26-19(3)18(2)10-11-23(25)20-7-5-4-6-8-20;1-2/h4-12,15-16,25-27H,2-3,13-14H2,1H3;1-2H3/b11-10-,25-23?;. The largest absolute Gasteiger partial charge is 0.385 e. The van der Waals surface area contributed by atoms with E-state index in [1.165, 1.54) is 22.0 Å². The number of nitrogens with one attached hydrogen (secondary N) is 3. The first-order valence-corrected chi connectivity index (χ1v) is 10.1. The number of aryl methyl sites for hydroxylation is 1. The maximum atomic E-state index is 8.11. The van der Waals surface area contributed by atoms with Crippen molar-refractivity contribution in [3.63, 3.8) is 0 Å². The molecule has 3 rings (SSSR count). The molecule has 0 aliphatic carbocycles. The highest BCUT2D eigenvalue weighted by molar-refractivity contribution is 6.06. The van der Waals surface area contributed by atoms with E-state index in [2.05, 4.69) is 54.8 Å². The lowest BCUT2D eigenvalue weighted by atomic mass is 10.1. The Labute approximate surface area is 174 Å². The van der Waals surface area contributed by atoms with Gasteiger partial charge in [-0.3, -0.25) is 0 Å². The Morgan fingerprint density at radius 2 is 1.79 bits per heavy atom. The van der Waals surface area contributed by atoms with E-state index in [1.807, 2.05) is 50.3 Å². The van der Waals surface area contributed by atoms with Crippen LogP contribution in [-0.4, -0.2) is 17.2 Å². The fourth-order valence-corrected chi connectivity index (χ4v) is 2.96. The number of H-pyrrole nitrogens is 1. The molecule has 1 aromatic heterocycles. The van der Waals surface area contributed by atoms with Crippen molar-refractivity contribution in [2.75, 3.05) is 6.54 Å². The molecule has 0 spiro atoms. The minimum Gasteiger partial charge on any atom is -0.385 e. The smallest absolute Gasteiger partial charge is 0.0612 e. The van der Waals surface area contributed by atoms with Gasteiger partial charge in [-0.05, 0) is 48.3 Å². The van der Waals surface area contributed by atoms with E-state index >= 15 is 0 Å². The predicted molar refractivity (Wildman–Crippen MR) is 127 cm³/mol. The van der Waals surface area contributed by atoms with Crippen LogP contribution in [0.15, 0.2) is 91.3 Å². The van der Waals surface area contributed by atoms with Crippen molar-refractivity contribution in [3.8, 4) is 0 Å². The zero-order valence-corrected chi connectivity index (χ0v) is 17.7. The summed E-state index contributed by atoms with van der Waals surface area (Å²) in [4.78, 5) is 3.32. The second-order valence-electron chi connectivity index (χ2n) is 6.66. The highest BCUT2D eigenvalue weighted by Gasteiger charge is 2.04. The van der Waals surface area contributed by atoms with Gasteiger partial charge in [-0.15, -0.1) is 0 Å². The number of allylic oxidation sites excluding steroid dienone is 2. The third-order valence-electron chi connectivity index (χ3n) is 4.58. The maximum absolute atomic E-state index is 8.11. The molecule has 0 unspecified atom stereocenters. The van der Waals surface area contributed by atoms with E-state index in [9.17, 15) is 0 Å². The molecule has 0 atom stereocenters. The van der Waals surface area contributed by atoms with Crippen LogP contribution in [0.2, 0.25) is 0 Å². The number of benzene rings is 2. The third-order valence-corrected chi connectivity index (χ3v) is 4.58. The highest BCUT2D eigenvalue weighted by atomic mass is 14.9. The zero-order valence-electron chi connectivity index (χ0n) is 17.7. The van der Waals surface area contributed by atoms with Crippen LogP contribution in [0.4, 0.5) is 0 Å². The number of rotatable bonds is 8. The number of aromatic amines is 1. The molecule has 3 heteroatoms. The molecule has 29 heavy (non-hydrogen) atoms. The van der Waals surface area contributed by atoms with Gasteiger partial charge in [-0.1, -0.05) is 75.0 Å². The van der Waals surface area contributed by atoms with Crippen LogP contribution in [0.1, 0.15) is 30.5 Å². The molecule has 0 saturated heterocycles. The number of hydrogen-bond donors (Lipinski definition) is 3. The van der Waals surface area contributed by atoms with Gasteiger partial charge in [0.05, 0.1) is 5.71 Å². The monoisotopic (exact) mass is 385 g/mol. The van der Waals surface area contributed by atoms with Gasteiger partial charge in [-0.25, -0.2) is 0 Å². The molecule has 3 N–H and O–H groups in total. The normalized spacial score (nSPS) is 10.4. The minimum absolute atomic E-state index is 0.457. The van der Waals surface area contributed by atoms with Gasteiger partial charge in [0.15, 0.2) is 0 Å². The lowest BCUT2D eigenvalue weighted by Gasteiger charge is -2.09. The number of hydrogen-bond acceptors (Lipinski definition) is 2. The Bertz CT molecular complexity index is 1010. The van der Waals surface area contributed by atoms with Gasteiger partial charge in [0.25, 0.3) is 0 Å². The van der Waals surface area contributed by atoms with E-state index in [4.69, 9.17) is 5.41 Å². The fourth-order valence-electron chi connectivity index (χ4n) is 2.96. The van der Waals surface area contributed by atoms with Crippen molar-refractivity contribution in [1.29, 1.82) is 5.41 Å². The molecular formula is C26H31N3. The SMILES string of the molecule is C=C(/C=C\C(=N)c1ccccc1)C(=C)NCCc1c[nH]c2ccc(C)cc12.CC. The summed E-state index contributed by atoms with van der Waals surface area (Å²) in [6.07, 6.45) is 6.57. The molecule has 3 nitrogen and oxygen atoms in total. The first-order valence-electron chi connectivity index (χ1n) is 10.1. The maximum Gasteiger partial charge on any atom is 0.0612 e. The van der Waals surface area contributed by atoms with Crippen LogP contribution in [-0.2, 0) is 6.42 Å². The molecule has 3 aromatic rings. The van der Waals surface area contributed by atoms with Gasteiger partial charge >= 0.3 is 0 Å². The number of aromatic nitrogens is 1. The predicted octanol–water partition coefficient (Wildman–Crippen LogP) is 6.33. The van der Waals surface area contributed by atoms with Crippen LogP contribution in [0, 0.1) is 12.3 Å². The summed E-state index contributed by atoms with van der Waals surface area (Å²) in [5, 5.41) is 12.7. The minimum atomic E-state index is 0.457. The summed E-state index contributed by atoms with van der Waals surface area (Å²) in [7, 11) is 0. The molecule has 0 amide bonds. The van der Waals surface area contributed by atoms with Crippen LogP contribution >= 0.6 is 0 Å². The van der Waals surface area contributed by atoms with Crippen LogP contribution < -0.4 is 5.32 Å². The van der Waals surface area contributed by atoms with Gasteiger partial charge in [0.2, 0.25) is 0 Å². The zero-order chi connectivity index (χ0) is 21.2. The Morgan fingerprint density at radius 1 is 1.07 bits per heavy atom. The molecule has 0 radical (unpaired) electrons. The quantitative estimate of drug-likeness (QED) is 0.308. The molecule has 0 bridgehead atoms. The van der Waals surface area contributed by atoms with Crippen LogP contribution in [0.3, 0.4) is 0 Å². The first kappa shape index (κ1) is 22.0. The summed E-state index contributed by atoms with van der Waals surface area (Å²) in [6.45, 7) is 15.0. The van der Waals surface area contributed by atoms with Crippen molar-refractivity contribution in [3.05, 3.63) is 108 Å². The fraction of sp³-hybridized carbons (Fsp3) is 0.192. The second-order valence-corrected chi connectivity index (χ2v) is 6.66. The van der Waals surface area contributed by atoms with Gasteiger partial charge < -0.3 is 15.7 Å². The van der Waals surface area contributed by atoms with Crippen LogP contribution in [0.25, 0.3) is 10.9 Å². The molecule has 2 aromatic carbocycles. The summed E-state index contributed by atoms with van der Waals surface area (Å²) < 4.78 is 0. The van der Waals surface area contributed by atoms with Crippen molar-refractivity contribution in [2.24, 2.45) is 0 Å². The Morgan fingerprint density at radius 3 is 2.52 bits per heavy atom. The van der Waals surface area contributed by atoms with Crippen molar-refractivity contribution < 1.29 is 0 Å². The molecular weight excluding hydrogens is 354 g/mol. The topological polar surface area (TPSA) is 51.7 Å². The average Bonchev–Trinajstić information content (AvgIpc) is 3.15. The second kappa shape index (κ2) is 10.9. The molecule has 0 fully saturated rings. The first-order chi connectivity index (χ1) is 14.0. The summed E-state index contributed by atoms with van der Waals surface area (Å²) >= 11 is 0. The molecule has 0 saturated carbocycles. The van der Waals surface area contributed by atoms with E-state index in [-0.39, 0.29) is 0 Å².